The summed E-state index contributed by atoms with van der Waals surface area (Å²) in [5, 5.41) is 0. The lowest BCUT2D eigenvalue weighted by Crippen LogP contribution is -2.24. The molecule has 88 valence electrons. The molecule has 16 heavy (non-hydrogen) atoms. The summed E-state index contributed by atoms with van der Waals surface area (Å²) < 4.78 is 12.7. The van der Waals surface area contributed by atoms with E-state index in [0.717, 1.165) is 25.2 Å². The average Bonchev–Trinajstić information content (AvgIpc) is 2.26. The van der Waals surface area contributed by atoms with Crippen LogP contribution in [-0.2, 0) is 4.79 Å². The lowest BCUT2D eigenvalue weighted by molar-refractivity contribution is -0.117. The smallest absolute Gasteiger partial charge is 0.129 e. The minimum Gasteiger partial charge on any atom is -0.372 e. The maximum atomic E-state index is 12.7. The molecule has 0 N–H and O–H groups in total. The van der Waals surface area contributed by atoms with Gasteiger partial charge in [0.05, 0.1) is 0 Å². The number of hydrogen-bond acceptors (Lipinski definition) is 2. The van der Waals surface area contributed by atoms with Crippen molar-refractivity contribution in [1.82, 2.24) is 0 Å². The van der Waals surface area contributed by atoms with Crippen LogP contribution in [0.25, 0.3) is 0 Å². The minimum atomic E-state index is -0.219. The van der Waals surface area contributed by atoms with Gasteiger partial charge in [0.2, 0.25) is 0 Å². The molecule has 0 radical (unpaired) electrons. The van der Waals surface area contributed by atoms with Crippen LogP contribution >= 0.6 is 0 Å². The fraction of sp³-hybridized carbons (Fsp3) is 0.462. The van der Waals surface area contributed by atoms with Gasteiger partial charge in [0, 0.05) is 25.2 Å². The summed E-state index contributed by atoms with van der Waals surface area (Å²) >= 11 is 0. The topological polar surface area (TPSA) is 20.3 Å². The van der Waals surface area contributed by atoms with Crippen molar-refractivity contribution in [2.45, 2.75) is 26.7 Å². The molecule has 0 unspecified atom stereocenters. The number of halogens is 1. The average molecular weight is 223 g/mol. The molecule has 0 heterocycles. The number of carbonyl (C=O) groups is 1. The largest absolute Gasteiger partial charge is 0.372 e. The summed E-state index contributed by atoms with van der Waals surface area (Å²) in [6.07, 6.45) is 1.46. The number of nitrogens with zero attached hydrogens (tertiary/aromatic N) is 1. The highest BCUT2D eigenvalue weighted by atomic mass is 19.1. The predicted octanol–water partition coefficient (Wildman–Crippen LogP) is 3.02. The van der Waals surface area contributed by atoms with Gasteiger partial charge in [0.25, 0.3) is 0 Å². The van der Waals surface area contributed by atoms with E-state index in [-0.39, 0.29) is 11.6 Å². The van der Waals surface area contributed by atoms with E-state index in [0.29, 0.717) is 6.42 Å². The van der Waals surface area contributed by atoms with Crippen molar-refractivity contribution in [3.8, 4) is 0 Å². The van der Waals surface area contributed by atoms with E-state index >= 15 is 0 Å². The van der Waals surface area contributed by atoms with E-state index in [1.54, 1.807) is 19.1 Å². The highest BCUT2D eigenvalue weighted by Crippen LogP contribution is 2.15. The Balaban J connectivity index is 2.53. The Bertz CT molecular complexity index is 334. The number of hydrogen-bond donors (Lipinski definition) is 0. The second-order valence-corrected chi connectivity index (χ2v) is 3.86. The number of rotatable bonds is 6. The van der Waals surface area contributed by atoms with Gasteiger partial charge in [0.1, 0.15) is 11.6 Å². The van der Waals surface area contributed by atoms with Gasteiger partial charge in [-0.2, -0.15) is 0 Å². The predicted molar refractivity (Wildman–Crippen MR) is 64.2 cm³/mol. The van der Waals surface area contributed by atoms with Crippen LogP contribution in [0, 0.1) is 5.82 Å². The molecule has 0 spiro atoms. The molecule has 0 saturated carbocycles. The summed E-state index contributed by atoms with van der Waals surface area (Å²) in [6, 6.07) is 6.46. The van der Waals surface area contributed by atoms with Gasteiger partial charge in [-0.3, -0.25) is 0 Å². The second kappa shape index (κ2) is 6.26. The zero-order chi connectivity index (χ0) is 12.0. The first kappa shape index (κ1) is 12.7. The Hall–Kier alpha value is -1.38. The van der Waals surface area contributed by atoms with Gasteiger partial charge in [0.15, 0.2) is 0 Å². The molecule has 0 aliphatic heterocycles. The van der Waals surface area contributed by atoms with Crippen LogP contribution < -0.4 is 4.90 Å². The molecular weight excluding hydrogens is 205 g/mol. The lowest BCUT2D eigenvalue weighted by atomic mass is 10.2. The summed E-state index contributed by atoms with van der Waals surface area (Å²) in [6.45, 7) is 5.36. The molecule has 0 bridgehead atoms. The first-order chi connectivity index (χ1) is 7.63. The van der Waals surface area contributed by atoms with E-state index in [1.165, 1.54) is 12.1 Å². The first-order valence-corrected chi connectivity index (χ1v) is 5.63. The second-order valence-electron chi connectivity index (χ2n) is 3.86. The van der Waals surface area contributed by atoms with Crippen LogP contribution in [0.3, 0.4) is 0 Å². The lowest BCUT2D eigenvalue weighted by Gasteiger charge is -2.22. The monoisotopic (exact) mass is 223 g/mol. The van der Waals surface area contributed by atoms with Gasteiger partial charge < -0.3 is 9.69 Å². The third-order valence-corrected chi connectivity index (χ3v) is 2.53. The molecule has 0 aliphatic carbocycles. The highest BCUT2D eigenvalue weighted by Gasteiger charge is 2.04. The van der Waals surface area contributed by atoms with E-state index < -0.39 is 0 Å². The van der Waals surface area contributed by atoms with Crippen LogP contribution in [-0.4, -0.2) is 18.9 Å². The summed E-state index contributed by atoms with van der Waals surface area (Å²) in [4.78, 5) is 13.0. The van der Waals surface area contributed by atoms with Gasteiger partial charge in [-0.1, -0.05) is 0 Å². The molecular formula is C13H18FNO. The molecule has 0 fully saturated rings. The normalized spacial score (nSPS) is 10.2. The summed E-state index contributed by atoms with van der Waals surface area (Å²) in [5.74, 6) is -0.00121. The summed E-state index contributed by atoms with van der Waals surface area (Å²) in [5.41, 5.74) is 1.01. The van der Waals surface area contributed by atoms with E-state index in [2.05, 4.69) is 11.8 Å². The Morgan fingerprint density at radius 1 is 1.31 bits per heavy atom. The SMILES string of the molecule is CCN(CCCC(C)=O)c1ccc(F)cc1. The van der Waals surface area contributed by atoms with Gasteiger partial charge in [-0.05, 0) is 44.5 Å². The zero-order valence-corrected chi connectivity index (χ0v) is 9.87. The van der Waals surface area contributed by atoms with Crippen LogP contribution in [0.2, 0.25) is 0 Å². The molecule has 1 aromatic carbocycles. The van der Waals surface area contributed by atoms with Crippen molar-refractivity contribution in [2.24, 2.45) is 0 Å². The van der Waals surface area contributed by atoms with Crippen LogP contribution in [0.5, 0.6) is 0 Å². The summed E-state index contributed by atoms with van der Waals surface area (Å²) in [7, 11) is 0. The van der Waals surface area contributed by atoms with E-state index in [4.69, 9.17) is 0 Å². The number of anilines is 1. The van der Waals surface area contributed by atoms with Crippen molar-refractivity contribution in [1.29, 1.82) is 0 Å². The van der Waals surface area contributed by atoms with Crippen molar-refractivity contribution < 1.29 is 9.18 Å². The maximum absolute atomic E-state index is 12.7. The molecule has 0 aromatic heterocycles. The molecule has 1 rings (SSSR count). The Kier molecular flexibility index (Phi) is 4.96. The number of carbonyl (C=O) groups excluding carboxylic acids is 1. The van der Waals surface area contributed by atoms with E-state index in [1.807, 2.05) is 0 Å². The fourth-order valence-electron chi connectivity index (χ4n) is 1.64. The minimum absolute atomic E-state index is 0.218. The Labute approximate surface area is 96.1 Å². The molecule has 2 nitrogen and oxygen atoms in total. The third kappa shape index (κ3) is 4.01. The Morgan fingerprint density at radius 3 is 2.44 bits per heavy atom. The van der Waals surface area contributed by atoms with Crippen molar-refractivity contribution in [2.75, 3.05) is 18.0 Å². The zero-order valence-electron chi connectivity index (χ0n) is 9.87. The fourth-order valence-corrected chi connectivity index (χ4v) is 1.64. The highest BCUT2D eigenvalue weighted by molar-refractivity contribution is 5.75. The maximum Gasteiger partial charge on any atom is 0.129 e. The van der Waals surface area contributed by atoms with Crippen LogP contribution in [0.4, 0.5) is 10.1 Å². The Morgan fingerprint density at radius 2 is 1.94 bits per heavy atom. The van der Waals surface area contributed by atoms with Crippen molar-refractivity contribution in [3.05, 3.63) is 30.1 Å². The van der Waals surface area contributed by atoms with E-state index in [9.17, 15) is 9.18 Å². The third-order valence-electron chi connectivity index (χ3n) is 2.53. The molecule has 3 heteroatoms. The quantitative estimate of drug-likeness (QED) is 0.738. The number of benzene rings is 1. The van der Waals surface area contributed by atoms with Crippen LogP contribution in [0.15, 0.2) is 24.3 Å². The molecule has 1 aromatic rings. The first-order valence-electron chi connectivity index (χ1n) is 5.63. The number of Topliss-reactive ketones (excluding diaryl/α,β-unsaturated/α-hetero) is 1. The van der Waals surface area contributed by atoms with Crippen molar-refractivity contribution >= 4 is 11.5 Å². The van der Waals surface area contributed by atoms with Crippen molar-refractivity contribution in [3.63, 3.8) is 0 Å². The standard InChI is InChI=1S/C13H18FNO/c1-3-15(10-4-5-11(2)16)13-8-6-12(14)7-9-13/h6-9H,3-5,10H2,1-2H3. The van der Waals surface area contributed by atoms with Gasteiger partial charge in [-0.25, -0.2) is 4.39 Å². The molecule has 0 saturated heterocycles. The van der Waals surface area contributed by atoms with Gasteiger partial charge >= 0.3 is 0 Å². The van der Waals surface area contributed by atoms with Crippen LogP contribution in [0.1, 0.15) is 26.7 Å². The molecule has 0 aliphatic rings. The number of ketones is 1. The van der Waals surface area contributed by atoms with Gasteiger partial charge in [-0.15, -0.1) is 0 Å². The molecule has 0 atom stereocenters. The molecule has 0 amide bonds.